The monoisotopic (exact) mass is 590 g/mol. The first-order chi connectivity index (χ1) is 22.6. The van der Waals surface area contributed by atoms with Crippen molar-refractivity contribution in [3.63, 3.8) is 0 Å². The minimum Gasteiger partial charge on any atom is -0.253 e. The molecule has 9 rings (SSSR count). The number of pyridine rings is 1. The zero-order valence-electron chi connectivity index (χ0n) is 25.7. The number of hydrogen-bond acceptors (Lipinski definition) is 4. The molecule has 0 amide bonds. The number of benzene rings is 5. The second kappa shape index (κ2) is 10.1. The molecule has 0 fully saturated rings. The van der Waals surface area contributed by atoms with E-state index < -0.39 is 0 Å². The highest BCUT2D eigenvalue weighted by Crippen LogP contribution is 2.51. The molecule has 0 atom stereocenters. The Balaban J connectivity index is 1.25. The quantitative estimate of drug-likeness (QED) is 0.205. The predicted molar refractivity (Wildman–Crippen MR) is 185 cm³/mol. The molecule has 2 aliphatic carbocycles. The van der Waals surface area contributed by atoms with Crippen molar-refractivity contribution >= 4 is 0 Å². The van der Waals surface area contributed by atoms with Gasteiger partial charge in [0.2, 0.25) is 0 Å². The third kappa shape index (κ3) is 4.00. The van der Waals surface area contributed by atoms with Crippen molar-refractivity contribution in [3.8, 4) is 67.7 Å². The van der Waals surface area contributed by atoms with Crippen molar-refractivity contribution in [2.24, 2.45) is 0 Å². The van der Waals surface area contributed by atoms with Crippen molar-refractivity contribution < 1.29 is 0 Å². The van der Waals surface area contributed by atoms with Gasteiger partial charge in [-0.2, -0.15) is 0 Å². The van der Waals surface area contributed by atoms with Gasteiger partial charge in [0.1, 0.15) is 5.69 Å². The lowest BCUT2D eigenvalue weighted by molar-refractivity contribution is 0.658. The van der Waals surface area contributed by atoms with E-state index in [1.54, 1.807) is 0 Å². The average Bonchev–Trinajstić information content (AvgIpc) is 3.61. The van der Waals surface area contributed by atoms with Crippen molar-refractivity contribution in [1.29, 1.82) is 0 Å². The maximum absolute atomic E-state index is 5.24. The van der Waals surface area contributed by atoms with E-state index in [0.29, 0.717) is 17.5 Å². The first kappa shape index (κ1) is 26.6. The highest BCUT2D eigenvalue weighted by molar-refractivity contribution is 5.89. The Morgan fingerprint density at radius 1 is 0.457 bits per heavy atom. The summed E-state index contributed by atoms with van der Waals surface area (Å²) in [5.41, 5.74) is 15.0. The first-order valence-electron chi connectivity index (χ1n) is 15.8. The summed E-state index contributed by atoms with van der Waals surface area (Å²) in [5, 5.41) is 0. The molecule has 7 aromatic rings. The number of hydrogen-bond donors (Lipinski definition) is 0. The number of nitrogens with zero attached hydrogens (tertiary/aromatic N) is 4. The van der Waals surface area contributed by atoms with Gasteiger partial charge in [0.25, 0.3) is 0 Å². The van der Waals surface area contributed by atoms with Gasteiger partial charge < -0.3 is 0 Å². The molecule has 0 aliphatic heterocycles. The molecule has 4 nitrogen and oxygen atoms in total. The molecule has 0 saturated carbocycles. The van der Waals surface area contributed by atoms with Crippen LogP contribution in [-0.2, 0) is 11.8 Å². The second-order valence-corrected chi connectivity index (χ2v) is 12.6. The largest absolute Gasteiger partial charge is 0.253 e. The Morgan fingerprint density at radius 3 is 1.78 bits per heavy atom. The topological polar surface area (TPSA) is 51.6 Å². The molecule has 0 bridgehead atoms. The summed E-state index contributed by atoms with van der Waals surface area (Å²) < 4.78 is 0. The van der Waals surface area contributed by atoms with Gasteiger partial charge >= 0.3 is 0 Å². The van der Waals surface area contributed by atoms with E-state index in [-0.39, 0.29) is 5.41 Å². The summed E-state index contributed by atoms with van der Waals surface area (Å²) in [6.45, 7) is 4.54. The maximum atomic E-state index is 5.24. The summed E-state index contributed by atoms with van der Waals surface area (Å²) >= 11 is 0. The summed E-state index contributed by atoms with van der Waals surface area (Å²) in [5.74, 6) is 1.91. The fourth-order valence-corrected chi connectivity index (χ4v) is 7.54. The van der Waals surface area contributed by atoms with E-state index in [1.807, 2.05) is 24.4 Å². The summed E-state index contributed by atoms with van der Waals surface area (Å²) in [6, 6.07) is 44.8. The van der Waals surface area contributed by atoms with Gasteiger partial charge in [0.05, 0.1) is 0 Å². The van der Waals surface area contributed by atoms with Gasteiger partial charge in [0, 0.05) is 29.2 Å². The van der Waals surface area contributed by atoms with Gasteiger partial charge in [-0.1, -0.05) is 135 Å². The third-order valence-electron chi connectivity index (χ3n) is 9.67. The van der Waals surface area contributed by atoms with E-state index >= 15 is 0 Å². The van der Waals surface area contributed by atoms with Crippen LogP contribution in [0, 0.1) is 0 Å². The second-order valence-electron chi connectivity index (χ2n) is 12.6. The lowest BCUT2D eigenvalue weighted by atomic mass is 9.81. The molecule has 0 unspecified atom stereocenters. The van der Waals surface area contributed by atoms with Crippen molar-refractivity contribution in [1.82, 2.24) is 19.9 Å². The zero-order chi connectivity index (χ0) is 30.8. The van der Waals surface area contributed by atoms with Crippen LogP contribution in [0.1, 0.15) is 36.1 Å². The number of fused-ring (bicyclic) bond motifs is 6. The minimum absolute atomic E-state index is 0.251. The molecule has 0 spiro atoms. The molecular formula is C42H30N4. The lowest BCUT2D eigenvalue weighted by Gasteiger charge is -2.23. The minimum atomic E-state index is -0.251. The van der Waals surface area contributed by atoms with Crippen LogP contribution in [0.15, 0.2) is 134 Å². The van der Waals surface area contributed by atoms with E-state index in [1.165, 1.54) is 50.1 Å². The van der Waals surface area contributed by atoms with E-state index in [0.717, 1.165) is 28.8 Å². The Hall–Kier alpha value is -5.74. The van der Waals surface area contributed by atoms with Crippen LogP contribution in [-0.4, -0.2) is 19.9 Å². The lowest BCUT2D eigenvalue weighted by Crippen LogP contribution is -2.17. The van der Waals surface area contributed by atoms with Crippen LogP contribution in [0.3, 0.4) is 0 Å². The molecule has 2 heterocycles. The van der Waals surface area contributed by atoms with E-state index in [9.17, 15) is 0 Å². The number of rotatable bonds is 4. The third-order valence-corrected chi connectivity index (χ3v) is 9.67. The molecule has 0 saturated heterocycles. The van der Waals surface area contributed by atoms with Crippen molar-refractivity contribution in [3.05, 3.63) is 156 Å². The predicted octanol–water partition coefficient (Wildman–Crippen LogP) is 9.81. The Kier molecular flexibility index (Phi) is 5.88. The fourth-order valence-electron chi connectivity index (χ4n) is 7.54. The number of aromatic nitrogens is 4. The molecule has 4 heteroatoms. The van der Waals surface area contributed by atoms with Crippen LogP contribution >= 0.6 is 0 Å². The Bertz CT molecular complexity index is 2310. The van der Waals surface area contributed by atoms with Gasteiger partial charge in [-0.3, -0.25) is 4.98 Å². The van der Waals surface area contributed by atoms with Crippen LogP contribution < -0.4 is 0 Å². The normalized spacial score (nSPS) is 13.5. The zero-order valence-corrected chi connectivity index (χ0v) is 25.7. The van der Waals surface area contributed by atoms with Gasteiger partial charge in [-0.05, 0) is 61.7 Å². The average molecular weight is 591 g/mol. The molecule has 5 aromatic carbocycles. The van der Waals surface area contributed by atoms with Gasteiger partial charge in [0.15, 0.2) is 17.5 Å². The maximum Gasteiger partial charge on any atom is 0.182 e. The van der Waals surface area contributed by atoms with Crippen LogP contribution in [0.5, 0.6) is 0 Å². The van der Waals surface area contributed by atoms with Gasteiger partial charge in [-0.25, -0.2) is 15.0 Å². The van der Waals surface area contributed by atoms with Crippen LogP contribution in [0.25, 0.3) is 67.7 Å². The summed E-state index contributed by atoms with van der Waals surface area (Å²) in [6.07, 6.45) is 2.70. The van der Waals surface area contributed by atoms with Crippen molar-refractivity contribution in [2.45, 2.75) is 25.7 Å². The molecule has 218 valence electrons. The van der Waals surface area contributed by atoms with Crippen LogP contribution in [0.2, 0.25) is 0 Å². The molecule has 46 heavy (non-hydrogen) atoms. The van der Waals surface area contributed by atoms with E-state index in [4.69, 9.17) is 19.9 Å². The highest BCUT2D eigenvalue weighted by atomic mass is 15.0. The smallest absolute Gasteiger partial charge is 0.182 e. The standard InChI is InChI=1S/C42H30N4/c1-42(2)36-22-10-9-17-31(36)32-23-24-43-38(37(32)42)41-45-39(27-15-7-4-8-16-27)44-40(46-41)33-21-12-20-30-29-19-11-18-28(34(29)25-35(30)33)26-13-5-3-6-14-26/h3-24H,25H2,1-2H3. The Labute approximate surface area is 268 Å². The molecular weight excluding hydrogens is 560 g/mol. The fraction of sp³-hybridized carbons (Fsp3) is 0.0952. The highest BCUT2D eigenvalue weighted by Gasteiger charge is 2.39. The molecule has 0 radical (unpaired) electrons. The molecule has 2 aliphatic rings. The van der Waals surface area contributed by atoms with E-state index in [2.05, 4.69) is 123 Å². The molecule has 0 N–H and O–H groups in total. The summed E-state index contributed by atoms with van der Waals surface area (Å²) in [4.78, 5) is 20.5. The van der Waals surface area contributed by atoms with Gasteiger partial charge in [-0.15, -0.1) is 0 Å². The molecule has 2 aromatic heterocycles. The van der Waals surface area contributed by atoms with Crippen LogP contribution in [0.4, 0.5) is 0 Å². The Morgan fingerprint density at radius 2 is 1.02 bits per heavy atom. The first-order valence-corrected chi connectivity index (χ1v) is 15.8. The summed E-state index contributed by atoms with van der Waals surface area (Å²) in [7, 11) is 0. The SMILES string of the molecule is CC1(C)c2ccccc2-c2ccnc(-c3nc(-c4ccccc4)nc(-c4cccc5c4Cc4c(-c6ccccc6)cccc4-5)n3)c21. The van der Waals surface area contributed by atoms with Crippen molar-refractivity contribution in [2.75, 3.05) is 0 Å².